The van der Waals surface area contributed by atoms with E-state index in [1.807, 2.05) is 6.92 Å². The minimum Gasteiger partial charge on any atom is -0.345 e. The number of pyridine rings is 1. The van der Waals surface area contributed by atoms with Gasteiger partial charge >= 0.3 is 0 Å². The van der Waals surface area contributed by atoms with E-state index in [-0.39, 0.29) is 17.3 Å². The van der Waals surface area contributed by atoms with Gasteiger partial charge in [0, 0.05) is 6.20 Å². The van der Waals surface area contributed by atoms with Crippen molar-refractivity contribution in [3.05, 3.63) is 46.6 Å². The smallest absolute Gasteiger partial charge is 0.271 e. The second kappa shape index (κ2) is 6.27. The van der Waals surface area contributed by atoms with Crippen molar-refractivity contribution in [2.75, 3.05) is 5.43 Å². The number of nitrogens with two attached hydrogens (primary N) is 1. The maximum Gasteiger partial charge on any atom is 0.271 e. The highest BCUT2D eigenvalue weighted by Crippen LogP contribution is 2.16. The molecule has 0 fully saturated rings. The summed E-state index contributed by atoms with van der Waals surface area (Å²) in [5.74, 6) is 5.19. The van der Waals surface area contributed by atoms with Crippen molar-refractivity contribution < 1.29 is 4.79 Å². The molecule has 2 rings (SSSR count). The maximum atomic E-state index is 12.0. The highest BCUT2D eigenvalue weighted by Gasteiger charge is 2.13. The highest BCUT2D eigenvalue weighted by atomic mass is 35.5. The van der Waals surface area contributed by atoms with Gasteiger partial charge in [-0.2, -0.15) is 0 Å². The van der Waals surface area contributed by atoms with Crippen LogP contribution in [0.15, 0.2) is 24.5 Å². The number of hydrogen-bond donors (Lipinski definition) is 3. The largest absolute Gasteiger partial charge is 0.345 e. The predicted molar refractivity (Wildman–Crippen MR) is 75.0 cm³/mol. The number of carbonyl (C=O) groups is 1. The third-order valence-electron chi connectivity index (χ3n) is 2.47. The molecule has 104 valence electrons. The molecule has 0 aromatic carbocycles. The number of aromatic nitrogens is 3. The molecule has 0 aliphatic heterocycles. The van der Waals surface area contributed by atoms with E-state index < -0.39 is 5.91 Å². The van der Waals surface area contributed by atoms with Crippen LogP contribution in [0.1, 0.15) is 21.9 Å². The van der Waals surface area contributed by atoms with Crippen molar-refractivity contribution in [2.24, 2.45) is 5.84 Å². The van der Waals surface area contributed by atoms with Gasteiger partial charge in [0.15, 0.2) is 0 Å². The van der Waals surface area contributed by atoms with Gasteiger partial charge in [-0.05, 0) is 19.1 Å². The van der Waals surface area contributed by atoms with Crippen LogP contribution < -0.4 is 16.6 Å². The fraction of sp³-hybridized carbons (Fsp3) is 0.167. The van der Waals surface area contributed by atoms with Gasteiger partial charge in [-0.1, -0.05) is 11.6 Å². The van der Waals surface area contributed by atoms with E-state index in [0.717, 1.165) is 5.69 Å². The van der Waals surface area contributed by atoms with Crippen LogP contribution in [0.25, 0.3) is 0 Å². The number of anilines is 1. The van der Waals surface area contributed by atoms with E-state index in [1.165, 1.54) is 0 Å². The standard InChI is InChI=1S/C12H13ClN6O/c1-7-4-16-8(5-15-7)6-17-12(20)11-9(13)2-3-10(18-11)19-14/h2-5H,6,14H2,1H3,(H,17,20)(H,18,19). The third kappa shape index (κ3) is 3.40. The average molecular weight is 293 g/mol. The molecule has 4 N–H and O–H groups in total. The van der Waals surface area contributed by atoms with Gasteiger partial charge in [-0.15, -0.1) is 0 Å². The van der Waals surface area contributed by atoms with Gasteiger partial charge < -0.3 is 10.7 Å². The van der Waals surface area contributed by atoms with E-state index >= 15 is 0 Å². The second-order valence-corrected chi connectivity index (χ2v) is 4.41. The molecule has 0 aliphatic carbocycles. The topological polar surface area (TPSA) is 106 Å². The van der Waals surface area contributed by atoms with Gasteiger partial charge in [0.2, 0.25) is 0 Å². The SMILES string of the molecule is Cc1cnc(CNC(=O)c2nc(NN)ccc2Cl)cn1. The first-order valence-corrected chi connectivity index (χ1v) is 6.17. The number of halogens is 1. The van der Waals surface area contributed by atoms with Gasteiger partial charge in [0.1, 0.15) is 11.5 Å². The van der Waals surface area contributed by atoms with Gasteiger partial charge in [-0.25, -0.2) is 10.8 Å². The Hall–Kier alpha value is -2.25. The molecule has 0 unspecified atom stereocenters. The van der Waals surface area contributed by atoms with Gasteiger partial charge in [0.25, 0.3) is 5.91 Å². The Balaban J connectivity index is 2.06. The molecule has 2 heterocycles. The first-order valence-electron chi connectivity index (χ1n) is 5.79. The monoisotopic (exact) mass is 292 g/mol. The van der Waals surface area contributed by atoms with Gasteiger partial charge in [-0.3, -0.25) is 14.8 Å². The zero-order valence-electron chi connectivity index (χ0n) is 10.7. The summed E-state index contributed by atoms with van der Waals surface area (Å²) in [6.45, 7) is 2.08. The molecule has 1 amide bonds. The summed E-state index contributed by atoms with van der Waals surface area (Å²) in [5.41, 5.74) is 3.91. The molecule has 0 bridgehead atoms. The lowest BCUT2D eigenvalue weighted by atomic mass is 10.3. The molecule has 0 radical (unpaired) electrons. The van der Waals surface area contributed by atoms with Crippen LogP contribution in [-0.4, -0.2) is 20.9 Å². The molecule has 0 saturated heterocycles. The normalized spacial score (nSPS) is 10.2. The van der Waals surface area contributed by atoms with Crippen LogP contribution in [0.4, 0.5) is 5.82 Å². The summed E-state index contributed by atoms with van der Waals surface area (Å²) >= 11 is 5.93. The van der Waals surface area contributed by atoms with Crippen molar-refractivity contribution in [3.8, 4) is 0 Å². The van der Waals surface area contributed by atoms with Crippen molar-refractivity contribution in [2.45, 2.75) is 13.5 Å². The molecule has 0 atom stereocenters. The zero-order chi connectivity index (χ0) is 14.5. The van der Waals surface area contributed by atoms with Crippen LogP contribution in [0.2, 0.25) is 5.02 Å². The quantitative estimate of drug-likeness (QED) is 0.574. The molecular formula is C12H13ClN6O. The van der Waals surface area contributed by atoms with E-state index in [9.17, 15) is 4.79 Å². The summed E-state index contributed by atoms with van der Waals surface area (Å²) in [6, 6.07) is 3.12. The Morgan fingerprint density at radius 3 is 2.80 bits per heavy atom. The van der Waals surface area contributed by atoms with Crippen LogP contribution >= 0.6 is 11.6 Å². The molecule has 2 aromatic rings. The predicted octanol–water partition coefficient (Wildman–Crippen LogP) is 1.05. The number of rotatable bonds is 4. The molecule has 7 nitrogen and oxygen atoms in total. The minimum absolute atomic E-state index is 0.0992. The van der Waals surface area contributed by atoms with E-state index in [4.69, 9.17) is 17.4 Å². The van der Waals surface area contributed by atoms with Crippen LogP contribution in [0.5, 0.6) is 0 Å². The first kappa shape index (κ1) is 14.2. The number of hydrogen-bond acceptors (Lipinski definition) is 6. The first-order chi connectivity index (χ1) is 9.60. The molecule has 20 heavy (non-hydrogen) atoms. The Kier molecular flexibility index (Phi) is 4.44. The number of nitrogen functional groups attached to an aromatic ring is 1. The molecule has 0 spiro atoms. The summed E-state index contributed by atoms with van der Waals surface area (Å²) in [4.78, 5) is 24.2. The summed E-state index contributed by atoms with van der Waals surface area (Å²) < 4.78 is 0. The van der Waals surface area contributed by atoms with E-state index in [2.05, 4.69) is 25.7 Å². The Labute approximate surface area is 120 Å². The summed E-state index contributed by atoms with van der Waals surface area (Å²) in [7, 11) is 0. The second-order valence-electron chi connectivity index (χ2n) is 4.00. The van der Waals surface area contributed by atoms with Crippen molar-refractivity contribution >= 4 is 23.3 Å². The van der Waals surface area contributed by atoms with Crippen LogP contribution in [0, 0.1) is 6.92 Å². The van der Waals surface area contributed by atoms with Crippen molar-refractivity contribution in [3.63, 3.8) is 0 Å². The molecular weight excluding hydrogens is 280 g/mol. The number of amides is 1. The Morgan fingerprint density at radius 2 is 2.15 bits per heavy atom. The molecule has 2 aromatic heterocycles. The average Bonchev–Trinajstić information content (AvgIpc) is 2.47. The number of aryl methyl sites for hydroxylation is 1. The van der Waals surface area contributed by atoms with Crippen molar-refractivity contribution in [1.29, 1.82) is 0 Å². The fourth-order valence-corrected chi connectivity index (χ4v) is 1.64. The summed E-state index contributed by atoms with van der Waals surface area (Å²) in [5, 5.41) is 2.92. The van der Waals surface area contributed by atoms with E-state index in [0.29, 0.717) is 11.5 Å². The number of nitrogens with zero attached hydrogens (tertiary/aromatic N) is 3. The molecule has 0 saturated carbocycles. The highest BCUT2D eigenvalue weighted by molar-refractivity contribution is 6.33. The minimum atomic E-state index is -0.408. The lowest BCUT2D eigenvalue weighted by Crippen LogP contribution is -2.25. The Bertz CT molecular complexity index is 616. The van der Waals surface area contributed by atoms with E-state index in [1.54, 1.807) is 24.5 Å². The van der Waals surface area contributed by atoms with Crippen LogP contribution in [0.3, 0.4) is 0 Å². The molecule has 0 aliphatic rings. The molecule has 8 heteroatoms. The summed E-state index contributed by atoms with van der Waals surface area (Å²) in [6.07, 6.45) is 3.23. The number of nitrogens with one attached hydrogen (secondary N) is 2. The van der Waals surface area contributed by atoms with Crippen LogP contribution in [-0.2, 0) is 6.54 Å². The van der Waals surface area contributed by atoms with Gasteiger partial charge in [0.05, 0.1) is 29.2 Å². The number of hydrazine groups is 1. The van der Waals surface area contributed by atoms with Crippen molar-refractivity contribution in [1.82, 2.24) is 20.3 Å². The maximum absolute atomic E-state index is 12.0. The zero-order valence-corrected chi connectivity index (χ0v) is 11.5. The lowest BCUT2D eigenvalue weighted by Gasteiger charge is -2.07. The lowest BCUT2D eigenvalue weighted by molar-refractivity contribution is 0.0945. The Morgan fingerprint density at radius 1 is 1.35 bits per heavy atom. The number of carbonyl (C=O) groups excluding carboxylic acids is 1. The third-order valence-corrected chi connectivity index (χ3v) is 2.78. The fourth-order valence-electron chi connectivity index (χ4n) is 1.45.